The van der Waals surface area contributed by atoms with Gasteiger partial charge in [-0.05, 0) is 30.9 Å². The molecule has 0 spiro atoms. The van der Waals surface area contributed by atoms with E-state index in [4.69, 9.17) is 11.1 Å². The standard InChI is InChI=1S/C18H21N3/c19-18(20)16-11-7-10-15(14-8-3-1-4-9-14)17(16)21-12-5-2-6-13-21/h1,3-4,7-11H,2,5-6,12-13H2,(H3,19,20). The Morgan fingerprint density at radius 2 is 1.62 bits per heavy atom. The number of nitrogens with two attached hydrogens (primary N) is 1. The maximum Gasteiger partial charge on any atom is 0.124 e. The van der Waals surface area contributed by atoms with E-state index in [1.54, 1.807) is 0 Å². The van der Waals surface area contributed by atoms with Gasteiger partial charge >= 0.3 is 0 Å². The lowest BCUT2D eigenvalue weighted by Gasteiger charge is -2.32. The van der Waals surface area contributed by atoms with Gasteiger partial charge in [-0.25, -0.2) is 0 Å². The molecule has 108 valence electrons. The second kappa shape index (κ2) is 6.00. The molecule has 1 aliphatic rings. The summed E-state index contributed by atoms with van der Waals surface area (Å²) < 4.78 is 0. The van der Waals surface area contributed by atoms with Crippen molar-refractivity contribution in [3.63, 3.8) is 0 Å². The summed E-state index contributed by atoms with van der Waals surface area (Å²) in [5, 5.41) is 7.91. The van der Waals surface area contributed by atoms with Gasteiger partial charge in [0.1, 0.15) is 5.84 Å². The van der Waals surface area contributed by atoms with Crippen molar-refractivity contribution in [3.05, 3.63) is 54.1 Å². The van der Waals surface area contributed by atoms with E-state index < -0.39 is 0 Å². The predicted octanol–water partition coefficient (Wildman–Crippen LogP) is 3.63. The van der Waals surface area contributed by atoms with Crippen molar-refractivity contribution in [1.29, 1.82) is 5.41 Å². The van der Waals surface area contributed by atoms with Crippen molar-refractivity contribution in [3.8, 4) is 11.1 Å². The molecule has 2 aromatic carbocycles. The molecule has 1 fully saturated rings. The molecule has 0 aromatic heterocycles. The van der Waals surface area contributed by atoms with Crippen LogP contribution in [0.1, 0.15) is 24.8 Å². The molecule has 3 rings (SSSR count). The lowest BCUT2D eigenvalue weighted by molar-refractivity contribution is 0.578. The summed E-state index contributed by atoms with van der Waals surface area (Å²) in [5.74, 6) is 0.147. The molecule has 0 saturated carbocycles. The quantitative estimate of drug-likeness (QED) is 0.666. The summed E-state index contributed by atoms with van der Waals surface area (Å²) in [4.78, 5) is 2.39. The van der Waals surface area contributed by atoms with Crippen LogP contribution in [0.2, 0.25) is 0 Å². The molecule has 1 heterocycles. The third kappa shape index (κ3) is 2.77. The van der Waals surface area contributed by atoms with E-state index in [2.05, 4.69) is 35.2 Å². The number of nitrogens with zero attached hydrogens (tertiary/aromatic N) is 1. The lowest BCUT2D eigenvalue weighted by Crippen LogP contribution is -2.32. The average molecular weight is 279 g/mol. The van der Waals surface area contributed by atoms with E-state index in [1.165, 1.54) is 30.4 Å². The first-order valence-corrected chi connectivity index (χ1v) is 7.55. The second-order valence-corrected chi connectivity index (χ2v) is 5.53. The highest BCUT2D eigenvalue weighted by molar-refractivity contribution is 6.04. The third-order valence-corrected chi connectivity index (χ3v) is 4.08. The number of amidine groups is 1. The molecule has 3 nitrogen and oxygen atoms in total. The Balaban J connectivity index is 2.15. The molecule has 0 aliphatic carbocycles. The highest BCUT2D eigenvalue weighted by Gasteiger charge is 2.19. The summed E-state index contributed by atoms with van der Waals surface area (Å²) in [6.45, 7) is 2.09. The first kappa shape index (κ1) is 13.7. The molecule has 0 bridgehead atoms. The van der Waals surface area contributed by atoms with Crippen LogP contribution in [-0.4, -0.2) is 18.9 Å². The van der Waals surface area contributed by atoms with Crippen LogP contribution in [-0.2, 0) is 0 Å². The van der Waals surface area contributed by atoms with Gasteiger partial charge in [0.15, 0.2) is 0 Å². The summed E-state index contributed by atoms with van der Waals surface area (Å²) in [5.41, 5.74) is 10.1. The van der Waals surface area contributed by atoms with Gasteiger partial charge in [-0.3, -0.25) is 5.41 Å². The third-order valence-electron chi connectivity index (χ3n) is 4.08. The largest absolute Gasteiger partial charge is 0.384 e. The normalized spacial score (nSPS) is 15.0. The monoisotopic (exact) mass is 279 g/mol. The fraction of sp³-hybridized carbons (Fsp3) is 0.278. The number of benzene rings is 2. The van der Waals surface area contributed by atoms with Crippen LogP contribution >= 0.6 is 0 Å². The fourth-order valence-electron chi connectivity index (χ4n) is 3.07. The number of rotatable bonds is 3. The molecule has 0 amide bonds. The summed E-state index contributed by atoms with van der Waals surface area (Å²) in [6.07, 6.45) is 3.71. The van der Waals surface area contributed by atoms with Crippen LogP contribution in [0, 0.1) is 5.41 Å². The minimum absolute atomic E-state index is 0.147. The molecule has 0 unspecified atom stereocenters. The lowest BCUT2D eigenvalue weighted by atomic mass is 9.97. The number of nitrogens with one attached hydrogen (secondary N) is 1. The van der Waals surface area contributed by atoms with Gasteiger partial charge in [0.05, 0.1) is 5.69 Å². The van der Waals surface area contributed by atoms with Crippen molar-refractivity contribution in [2.45, 2.75) is 19.3 Å². The van der Waals surface area contributed by atoms with Gasteiger partial charge in [-0.15, -0.1) is 0 Å². The van der Waals surface area contributed by atoms with E-state index >= 15 is 0 Å². The maximum atomic E-state index is 7.91. The molecule has 2 aromatic rings. The van der Waals surface area contributed by atoms with Crippen LogP contribution in [0.25, 0.3) is 11.1 Å². The van der Waals surface area contributed by atoms with Gasteiger partial charge in [0, 0.05) is 24.2 Å². The Morgan fingerprint density at radius 3 is 2.29 bits per heavy atom. The van der Waals surface area contributed by atoms with E-state index in [9.17, 15) is 0 Å². The van der Waals surface area contributed by atoms with E-state index in [1.807, 2.05) is 18.2 Å². The zero-order valence-corrected chi connectivity index (χ0v) is 12.2. The van der Waals surface area contributed by atoms with E-state index in [-0.39, 0.29) is 5.84 Å². The van der Waals surface area contributed by atoms with Gasteiger partial charge in [-0.2, -0.15) is 0 Å². The molecule has 3 N–H and O–H groups in total. The number of para-hydroxylation sites is 1. The van der Waals surface area contributed by atoms with Crippen molar-refractivity contribution in [2.24, 2.45) is 5.73 Å². The highest BCUT2D eigenvalue weighted by Crippen LogP contribution is 2.35. The van der Waals surface area contributed by atoms with Crippen LogP contribution in [0.15, 0.2) is 48.5 Å². The molecular formula is C18H21N3. The number of hydrogen-bond acceptors (Lipinski definition) is 2. The molecule has 3 heteroatoms. The van der Waals surface area contributed by atoms with Gasteiger partial charge in [0.25, 0.3) is 0 Å². The first-order valence-electron chi connectivity index (χ1n) is 7.55. The molecular weight excluding hydrogens is 258 g/mol. The van der Waals surface area contributed by atoms with Gasteiger partial charge in [-0.1, -0.05) is 42.5 Å². The minimum Gasteiger partial charge on any atom is -0.384 e. The topological polar surface area (TPSA) is 53.1 Å². The van der Waals surface area contributed by atoms with E-state index in [0.717, 1.165) is 24.3 Å². The molecule has 0 radical (unpaired) electrons. The Hall–Kier alpha value is -2.29. The zero-order chi connectivity index (χ0) is 14.7. The number of nitrogen functional groups attached to an aromatic ring is 1. The van der Waals surface area contributed by atoms with Gasteiger partial charge < -0.3 is 10.6 Å². The smallest absolute Gasteiger partial charge is 0.124 e. The first-order chi connectivity index (χ1) is 10.3. The summed E-state index contributed by atoms with van der Waals surface area (Å²) in [7, 11) is 0. The zero-order valence-electron chi connectivity index (χ0n) is 12.2. The summed E-state index contributed by atoms with van der Waals surface area (Å²) in [6, 6.07) is 16.4. The predicted molar refractivity (Wildman–Crippen MR) is 89.0 cm³/mol. The van der Waals surface area contributed by atoms with Crippen molar-refractivity contribution in [2.75, 3.05) is 18.0 Å². The Kier molecular flexibility index (Phi) is 3.91. The average Bonchev–Trinajstić information content (AvgIpc) is 2.55. The molecule has 0 atom stereocenters. The van der Waals surface area contributed by atoms with Crippen LogP contribution < -0.4 is 10.6 Å². The van der Waals surface area contributed by atoms with Crippen molar-refractivity contribution >= 4 is 11.5 Å². The van der Waals surface area contributed by atoms with E-state index in [0.29, 0.717) is 0 Å². The number of piperidine rings is 1. The number of hydrogen-bond donors (Lipinski definition) is 2. The second-order valence-electron chi connectivity index (χ2n) is 5.53. The molecule has 1 aliphatic heterocycles. The summed E-state index contributed by atoms with van der Waals surface area (Å²) >= 11 is 0. The maximum absolute atomic E-state index is 7.91. The van der Waals surface area contributed by atoms with Crippen LogP contribution in [0.4, 0.5) is 5.69 Å². The Labute approximate surface area is 125 Å². The minimum atomic E-state index is 0.147. The van der Waals surface area contributed by atoms with Crippen LogP contribution in [0.5, 0.6) is 0 Å². The Morgan fingerprint density at radius 1 is 0.905 bits per heavy atom. The van der Waals surface area contributed by atoms with Crippen molar-refractivity contribution in [1.82, 2.24) is 0 Å². The van der Waals surface area contributed by atoms with Gasteiger partial charge in [0.2, 0.25) is 0 Å². The van der Waals surface area contributed by atoms with Crippen molar-refractivity contribution < 1.29 is 0 Å². The molecule has 21 heavy (non-hydrogen) atoms. The SMILES string of the molecule is N=C(N)c1cccc(-c2ccccc2)c1N1CCCCC1. The molecule has 1 saturated heterocycles. The Bertz CT molecular complexity index is 628. The van der Waals surface area contributed by atoms with Crippen LogP contribution in [0.3, 0.4) is 0 Å². The number of anilines is 1. The fourth-order valence-corrected chi connectivity index (χ4v) is 3.07. The highest BCUT2D eigenvalue weighted by atomic mass is 15.1.